The number of carboxylic acid groups (broad SMARTS) is 1. The first-order chi connectivity index (χ1) is 9.70. The average Bonchev–Trinajstić information content (AvgIpc) is 2.84. The zero-order chi connectivity index (χ0) is 15.8. The molecular formula is C13H10F3N3O2. The minimum Gasteiger partial charge on any atom is -0.477 e. The van der Waals surface area contributed by atoms with Crippen molar-refractivity contribution in [3.63, 3.8) is 0 Å². The van der Waals surface area contributed by atoms with Crippen LogP contribution in [0.4, 0.5) is 13.2 Å². The molecule has 1 heterocycles. The summed E-state index contributed by atoms with van der Waals surface area (Å²) in [6, 6.07) is 6.42. The summed E-state index contributed by atoms with van der Waals surface area (Å²) in [4.78, 5) is 11.1. The quantitative estimate of drug-likeness (QED) is 0.855. The molecule has 0 saturated heterocycles. The van der Waals surface area contributed by atoms with E-state index < -0.39 is 23.5 Å². The number of rotatable bonds is 3. The van der Waals surface area contributed by atoms with E-state index in [9.17, 15) is 18.0 Å². The van der Waals surface area contributed by atoms with Crippen LogP contribution in [0, 0.1) is 5.41 Å². The van der Waals surface area contributed by atoms with Crippen LogP contribution in [0.3, 0.4) is 0 Å². The highest BCUT2D eigenvalue weighted by molar-refractivity contribution is 5.96. The molecule has 0 aliphatic rings. The molecular weight excluding hydrogens is 287 g/mol. The van der Waals surface area contributed by atoms with Crippen molar-refractivity contribution < 1.29 is 23.1 Å². The van der Waals surface area contributed by atoms with Crippen LogP contribution in [0.1, 0.15) is 28.7 Å². The highest BCUT2D eigenvalue weighted by Crippen LogP contribution is 2.29. The number of hydrogen-bond donors (Lipinski definition) is 2. The van der Waals surface area contributed by atoms with Gasteiger partial charge in [-0.05, 0) is 24.6 Å². The first-order valence-electron chi connectivity index (χ1n) is 5.76. The fourth-order valence-electron chi connectivity index (χ4n) is 1.74. The number of nitrogens with zero attached hydrogens (tertiary/aromatic N) is 2. The molecule has 5 nitrogen and oxygen atoms in total. The maximum absolute atomic E-state index is 12.7. The van der Waals surface area contributed by atoms with Gasteiger partial charge in [0.15, 0.2) is 11.4 Å². The van der Waals surface area contributed by atoms with Gasteiger partial charge in [-0.2, -0.15) is 18.3 Å². The molecule has 110 valence electrons. The van der Waals surface area contributed by atoms with E-state index in [0.29, 0.717) is 16.3 Å². The molecule has 0 radical (unpaired) electrons. The third-order valence-corrected chi connectivity index (χ3v) is 2.74. The van der Waals surface area contributed by atoms with Gasteiger partial charge in [0.1, 0.15) is 0 Å². The number of aromatic carboxylic acids is 1. The monoisotopic (exact) mass is 297 g/mol. The average molecular weight is 297 g/mol. The maximum atomic E-state index is 12.7. The number of hydrogen-bond acceptors (Lipinski definition) is 3. The molecule has 2 N–H and O–H groups in total. The molecule has 0 aliphatic heterocycles. The van der Waals surface area contributed by atoms with Crippen molar-refractivity contribution in [1.29, 1.82) is 5.41 Å². The summed E-state index contributed by atoms with van der Waals surface area (Å²) in [5, 5.41) is 19.8. The number of nitrogens with one attached hydrogen (secondary N) is 1. The van der Waals surface area contributed by atoms with E-state index in [4.69, 9.17) is 10.5 Å². The molecule has 8 heteroatoms. The van der Waals surface area contributed by atoms with Gasteiger partial charge < -0.3 is 10.5 Å². The maximum Gasteiger partial charge on any atom is 0.435 e. The Morgan fingerprint density at radius 2 is 2.00 bits per heavy atom. The molecule has 0 bridgehead atoms. The number of halogens is 3. The summed E-state index contributed by atoms with van der Waals surface area (Å²) in [7, 11) is 0. The van der Waals surface area contributed by atoms with Crippen LogP contribution in [-0.4, -0.2) is 26.6 Å². The number of carbonyl (C=O) groups is 1. The summed E-state index contributed by atoms with van der Waals surface area (Å²) in [5.41, 5.74) is -1.06. The zero-order valence-electron chi connectivity index (χ0n) is 10.8. The first-order valence-corrected chi connectivity index (χ1v) is 5.76. The van der Waals surface area contributed by atoms with E-state index in [1.54, 1.807) is 6.07 Å². The van der Waals surface area contributed by atoms with Crippen LogP contribution in [0.2, 0.25) is 0 Å². The van der Waals surface area contributed by atoms with Crippen molar-refractivity contribution in [3.05, 3.63) is 47.3 Å². The second-order valence-electron chi connectivity index (χ2n) is 4.30. The van der Waals surface area contributed by atoms with E-state index in [1.165, 1.54) is 25.1 Å². The van der Waals surface area contributed by atoms with E-state index in [1.807, 2.05) is 0 Å². The van der Waals surface area contributed by atoms with Gasteiger partial charge in [0.2, 0.25) is 0 Å². The SMILES string of the molecule is CC(=N)c1cccc(-n2nc(C(F)(F)F)cc2C(=O)O)c1. The normalized spacial score (nSPS) is 11.4. The number of alkyl halides is 3. The van der Waals surface area contributed by atoms with E-state index in [0.717, 1.165) is 0 Å². The largest absolute Gasteiger partial charge is 0.477 e. The van der Waals surface area contributed by atoms with Crippen LogP contribution in [0.15, 0.2) is 30.3 Å². The van der Waals surface area contributed by atoms with Gasteiger partial charge in [0, 0.05) is 11.8 Å². The third-order valence-electron chi connectivity index (χ3n) is 2.74. The molecule has 0 fully saturated rings. The van der Waals surface area contributed by atoms with Gasteiger partial charge in [0.25, 0.3) is 0 Å². The minimum atomic E-state index is -4.73. The van der Waals surface area contributed by atoms with Crippen LogP contribution >= 0.6 is 0 Å². The van der Waals surface area contributed by atoms with Gasteiger partial charge in [-0.3, -0.25) is 0 Å². The van der Waals surface area contributed by atoms with Crippen LogP contribution in [0.5, 0.6) is 0 Å². The number of benzene rings is 1. The second-order valence-corrected chi connectivity index (χ2v) is 4.30. The van der Waals surface area contributed by atoms with Crippen molar-refractivity contribution in [1.82, 2.24) is 9.78 Å². The fourth-order valence-corrected chi connectivity index (χ4v) is 1.74. The highest BCUT2D eigenvalue weighted by Gasteiger charge is 2.36. The topological polar surface area (TPSA) is 79.0 Å². The number of carboxylic acids is 1. The molecule has 0 saturated carbocycles. The number of aromatic nitrogens is 2. The summed E-state index contributed by atoms with van der Waals surface area (Å²) in [6.07, 6.45) is -4.73. The third kappa shape index (κ3) is 2.93. The Balaban J connectivity index is 2.62. The van der Waals surface area contributed by atoms with E-state index in [-0.39, 0.29) is 11.4 Å². The van der Waals surface area contributed by atoms with E-state index in [2.05, 4.69) is 5.10 Å². The van der Waals surface area contributed by atoms with Crippen LogP contribution < -0.4 is 0 Å². The van der Waals surface area contributed by atoms with Crippen molar-refractivity contribution in [2.45, 2.75) is 13.1 Å². The summed E-state index contributed by atoms with van der Waals surface area (Å²) in [5.74, 6) is -1.52. The summed E-state index contributed by atoms with van der Waals surface area (Å²) >= 11 is 0. The van der Waals surface area contributed by atoms with Crippen molar-refractivity contribution in [2.24, 2.45) is 0 Å². The Hall–Kier alpha value is -2.64. The van der Waals surface area contributed by atoms with Crippen molar-refractivity contribution in [3.8, 4) is 5.69 Å². The fraction of sp³-hybridized carbons (Fsp3) is 0.154. The van der Waals surface area contributed by atoms with Gasteiger partial charge in [0.05, 0.1) is 5.69 Å². The van der Waals surface area contributed by atoms with Crippen molar-refractivity contribution >= 4 is 11.7 Å². The molecule has 0 amide bonds. The van der Waals surface area contributed by atoms with Gasteiger partial charge in [-0.15, -0.1) is 0 Å². The summed E-state index contributed by atoms with van der Waals surface area (Å²) in [6.45, 7) is 1.52. The van der Waals surface area contributed by atoms with Crippen molar-refractivity contribution in [2.75, 3.05) is 0 Å². The molecule has 2 rings (SSSR count). The lowest BCUT2D eigenvalue weighted by Gasteiger charge is -2.07. The van der Waals surface area contributed by atoms with Gasteiger partial charge in [-0.25, -0.2) is 9.48 Å². The van der Waals surface area contributed by atoms with Crippen LogP contribution in [0.25, 0.3) is 5.69 Å². The lowest BCUT2D eigenvalue weighted by atomic mass is 10.1. The highest BCUT2D eigenvalue weighted by atomic mass is 19.4. The van der Waals surface area contributed by atoms with Gasteiger partial charge >= 0.3 is 12.1 Å². The molecule has 0 unspecified atom stereocenters. The molecule has 1 aromatic heterocycles. The Morgan fingerprint density at radius 3 is 2.52 bits per heavy atom. The molecule has 1 aromatic carbocycles. The predicted octanol–water partition coefficient (Wildman–Crippen LogP) is 2.98. The molecule has 21 heavy (non-hydrogen) atoms. The Labute approximate surface area is 117 Å². The summed E-state index contributed by atoms with van der Waals surface area (Å²) < 4.78 is 38.7. The predicted molar refractivity (Wildman–Crippen MR) is 68.0 cm³/mol. The molecule has 0 atom stereocenters. The van der Waals surface area contributed by atoms with Gasteiger partial charge in [-0.1, -0.05) is 12.1 Å². The molecule has 0 spiro atoms. The minimum absolute atomic E-state index is 0.145. The Bertz CT molecular complexity index is 720. The van der Waals surface area contributed by atoms with E-state index >= 15 is 0 Å². The Morgan fingerprint density at radius 1 is 1.33 bits per heavy atom. The standard InChI is InChI=1S/C13H10F3N3O2/c1-7(17)8-3-2-4-9(5-8)19-10(12(20)21)6-11(18-19)13(14,15)16/h2-6,17H,1H3,(H,20,21). The lowest BCUT2D eigenvalue weighted by Crippen LogP contribution is -2.10. The zero-order valence-corrected chi connectivity index (χ0v) is 10.8. The lowest BCUT2D eigenvalue weighted by molar-refractivity contribution is -0.141. The second kappa shape index (κ2) is 5.04. The van der Waals surface area contributed by atoms with Crippen LogP contribution in [-0.2, 0) is 6.18 Å². The molecule has 0 aliphatic carbocycles. The molecule has 2 aromatic rings. The Kier molecular flexibility index (Phi) is 3.54. The smallest absolute Gasteiger partial charge is 0.435 e. The first kappa shape index (κ1) is 14.8.